The summed E-state index contributed by atoms with van der Waals surface area (Å²) in [6, 6.07) is 0. The molecule has 0 amide bonds. The summed E-state index contributed by atoms with van der Waals surface area (Å²) in [7, 11) is -1.79. The molecule has 0 aliphatic heterocycles. The van der Waals surface area contributed by atoms with E-state index >= 15 is 0 Å². The van der Waals surface area contributed by atoms with E-state index in [2.05, 4.69) is 46.9 Å². The van der Waals surface area contributed by atoms with E-state index in [1.54, 1.807) is 0 Å². The molecule has 0 N–H and O–H groups in total. The summed E-state index contributed by atoms with van der Waals surface area (Å²) >= 11 is 0. The van der Waals surface area contributed by atoms with Crippen molar-refractivity contribution >= 4 is 14.6 Å². The Bertz CT molecular complexity index is 359. The van der Waals surface area contributed by atoms with Gasteiger partial charge in [0.15, 0.2) is 8.32 Å². The van der Waals surface area contributed by atoms with E-state index in [4.69, 9.17) is 4.43 Å². The van der Waals surface area contributed by atoms with E-state index in [0.29, 0.717) is 0 Å². The Morgan fingerprint density at radius 2 is 1.79 bits per heavy atom. The molecule has 0 saturated carbocycles. The number of carbonyl (C=O) groups is 1. The van der Waals surface area contributed by atoms with Crippen LogP contribution in [0.1, 0.15) is 48.0 Å². The smallest absolute Gasteiger partial charge is 0.192 e. The average molecular weight is 282 g/mol. The number of aldehydes is 1. The monoisotopic (exact) mass is 282 g/mol. The third-order valence-electron chi connectivity index (χ3n) is 4.05. The number of hydrogen-bond acceptors (Lipinski definition) is 2. The Balaban J connectivity index is 5.05. The Morgan fingerprint density at radius 1 is 1.26 bits per heavy atom. The van der Waals surface area contributed by atoms with Crippen molar-refractivity contribution in [2.75, 3.05) is 0 Å². The Hall–Kier alpha value is -0.673. The second-order valence-electron chi connectivity index (χ2n) is 6.70. The molecule has 0 radical (unpaired) electrons. The topological polar surface area (TPSA) is 26.3 Å². The zero-order chi connectivity index (χ0) is 15.3. The van der Waals surface area contributed by atoms with Gasteiger partial charge in [-0.05, 0) is 56.5 Å². The minimum absolute atomic E-state index is 0.0841. The van der Waals surface area contributed by atoms with Gasteiger partial charge in [-0.15, -0.1) is 0 Å². The van der Waals surface area contributed by atoms with E-state index in [-0.39, 0.29) is 11.1 Å². The molecule has 0 aliphatic carbocycles. The fourth-order valence-corrected chi connectivity index (χ4v) is 2.73. The molecular weight excluding hydrogens is 252 g/mol. The largest absolute Gasteiger partial charge is 0.410 e. The molecule has 0 spiro atoms. The number of allylic oxidation sites excluding steroid dienone is 2. The highest BCUT2D eigenvalue weighted by Gasteiger charge is 2.39. The van der Waals surface area contributed by atoms with Crippen LogP contribution in [0.5, 0.6) is 0 Å². The van der Waals surface area contributed by atoms with Gasteiger partial charge in [-0.1, -0.05) is 32.9 Å². The summed E-state index contributed by atoms with van der Waals surface area (Å²) < 4.78 is 6.46. The lowest BCUT2D eigenvalue weighted by Gasteiger charge is -2.39. The summed E-state index contributed by atoms with van der Waals surface area (Å²) in [5.74, 6) is 0. The lowest BCUT2D eigenvalue weighted by atomic mass is 10.1. The summed E-state index contributed by atoms with van der Waals surface area (Å²) in [6.45, 7) is 17.2. The lowest BCUT2D eigenvalue weighted by Crippen LogP contribution is -2.44. The number of hydrogen-bond donors (Lipinski definition) is 0. The molecule has 3 heteroatoms. The van der Waals surface area contributed by atoms with E-state index in [9.17, 15) is 4.79 Å². The van der Waals surface area contributed by atoms with Crippen LogP contribution in [0, 0.1) is 0 Å². The van der Waals surface area contributed by atoms with Crippen LogP contribution < -0.4 is 0 Å². The van der Waals surface area contributed by atoms with Crippen LogP contribution in [0.4, 0.5) is 0 Å². The van der Waals surface area contributed by atoms with Gasteiger partial charge in [-0.2, -0.15) is 0 Å². The first-order chi connectivity index (χ1) is 8.55. The molecule has 0 aliphatic rings. The van der Waals surface area contributed by atoms with Crippen molar-refractivity contribution in [1.29, 1.82) is 0 Å². The Morgan fingerprint density at radius 3 is 2.16 bits per heavy atom. The van der Waals surface area contributed by atoms with Crippen LogP contribution in [-0.4, -0.2) is 20.7 Å². The first kappa shape index (κ1) is 18.3. The first-order valence-electron chi connectivity index (χ1n) is 6.97. The fourth-order valence-electron chi connectivity index (χ4n) is 1.39. The van der Waals surface area contributed by atoms with Gasteiger partial charge in [0.25, 0.3) is 0 Å². The molecule has 0 heterocycles. The molecule has 19 heavy (non-hydrogen) atoms. The van der Waals surface area contributed by atoms with Crippen LogP contribution in [-0.2, 0) is 9.22 Å². The van der Waals surface area contributed by atoms with Gasteiger partial charge in [-0.25, -0.2) is 0 Å². The third kappa shape index (κ3) is 5.87. The Kier molecular flexibility index (Phi) is 6.95. The van der Waals surface area contributed by atoms with Crippen molar-refractivity contribution in [3.63, 3.8) is 0 Å². The molecule has 110 valence electrons. The maximum atomic E-state index is 10.7. The molecule has 0 aromatic rings. The van der Waals surface area contributed by atoms with Gasteiger partial charge >= 0.3 is 0 Å². The number of carbonyl (C=O) groups excluding carboxylic acids is 1. The van der Waals surface area contributed by atoms with Gasteiger partial charge in [0, 0.05) is 0 Å². The molecule has 0 rings (SSSR count). The molecule has 0 bridgehead atoms. The minimum atomic E-state index is -1.79. The highest BCUT2D eigenvalue weighted by molar-refractivity contribution is 6.74. The first-order valence-corrected chi connectivity index (χ1v) is 9.88. The highest BCUT2D eigenvalue weighted by Crippen LogP contribution is 2.38. The van der Waals surface area contributed by atoms with Crippen molar-refractivity contribution in [3.05, 3.63) is 23.3 Å². The minimum Gasteiger partial charge on any atom is -0.410 e. The average Bonchev–Trinajstić information content (AvgIpc) is 2.31. The van der Waals surface area contributed by atoms with Crippen LogP contribution in [0.3, 0.4) is 0 Å². The number of rotatable bonds is 6. The standard InChI is InChI=1S/C16H30O2Si/c1-9-14(3)15(11-10-13(2)12-17)18-19(7,8)16(4,5)6/h9-10,12,15H,11H2,1-8H3/b13-10+,14-9-/t15-/m1/s1. The summed E-state index contributed by atoms with van der Waals surface area (Å²) in [5.41, 5.74) is 2.01. The SMILES string of the molecule is C/C=C(/C)[C@@H](C/C=C(\C)C=O)O[Si](C)(C)C(C)(C)C. The summed E-state index contributed by atoms with van der Waals surface area (Å²) in [4.78, 5) is 10.7. The molecule has 0 aromatic heterocycles. The second-order valence-corrected chi connectivity index (χ2v) is 11.5. The Labute approximate surface area is 120 Å². The molecule has 0 fully saturated rings. The third-order valence-corrected chi connectivity index (χ3v) is 8.53. The zero-order valence-electron chi connectivity index (χ0n) is 13.8. The van der Waals surface area contributed by atoms with Crippen molar-refractivity contribution < 1.29 is 9.22 Å². The van der Waals surface area contributed by atoms with Crippen LogP contribution in [0.2, 0.25) is 18.1 Å². The van der Waals surface area contributed by atoms with Crippen molar-refractivity contribution in [1.82, 2.24) is 0 Å². The van der Waals surface area contributed by atoms with Crippen LogP contribution in [0.25, 0.3) is 0 Å². The van der Waals surface area contributed by atoms with Crippen molar-refractivity contribution in [3.8, 4) is 0 Å². The van der Waals surface area contributed by atoms with Crippen molar-refractivity contribution in [2.45, 2.75) is 72.2 Å². The zero-order valence-corrected chi connectivity index (χ0v) is 14.8. The van der Waals surface area contributed by atoms with Crippen molar-refractivity contribution in [2.24, 2.45) is 0 Å². The predicted octanol–water partition coefficient (Wildman–Crippen LogP) is 4.88. The molecule has 0 unspecified atom stereocenters. The van der Waals surface area contributed by atoms with Gasteiger partial charge in [0.2, 0.25) is 0 Å². The molecule has 0 saturated heterocycles. The maximum Gasteiger partial charge on any atom is 0.192 e. The van der Waals surface area contributed by atoms with Crippen LogP contribution in [0.15, 0.2) is 23.3 Å². The fraction of sp³-hybridized carbons (Fsp3) is 0.688. The van der Waals surface area contributed by atoms with Gasteiger partial charge in [-0.3, -0.25) is 4.79 Å². The van der Waals surface area contributed by atoms with E-state index in [1.165, 1.54) is 5.57 Å². The predicted molar refractivity (Wildman–Crippen MR) is 85.9 cm³/mol. The highest BCUT2D eigenvalue weighted by atomic mass is 28.4. The van der Waals surface area contributed by atoms with Gasteiger partial charge in [0.05, 0.1) is 6.10 Å². The molecular formula is C16H30O2Si. The van der Waals surface area contributed by atoms with Gasteiger partial charge in [0.1, 0.15) is 6.29 Å². The van der Waals surface area contributed by atoms with E-state index in [0.717, 1.165) is 18.3 Å². The molecule has 1 atom stereocenters. The molecule has 2 nitrogen and oxygen atoms in total. The summed E-state index contributed by atoms with van der Waals surface area (Å²) in [6.07, 6.45) is 5.82. The lowest BCUT2D eigenvalue weighted by molar-refractivity contribution is -0.104. The van der Waals surface area contributed by atoms with Gasteiger partial charge < -0.3 is 4.43 Å². The van der Waals surface area contributed by atoms with E-state index < -0.39 is 8.32 Å². The summed E-state index contributed by atoms with van der Waals surface area (Å²) in [5, 5.41) is 0.197. The quantitative estimate of drug-likeness (QED) is 0.300. The van der Waals surface area contributed by atoms with Crippen LogP contribution >= 0.6 is 0 Å². The molecule has 0 aromatic carbocycles. The normalized spacial score (nSPS) is 16.4. The second kappa shape index (κ2) is 7.20. The maximum absolute atomic E-state index is 10.7. The van der Waals surface area contributed by atoms with E-state index in [1.807, 2.05) is 19.9 Å².